The molecule has 0 amide bonds. The molecule has 0 spiro atoms. The van der Waals surface area contributed by atoms with Gasteiger partial charge in [0.15, 0.2) is 0 Å². The fourth-order valence-corrected chi connectivity index (χ4v) is 2.23. The fraction of sp³-hybridized carbons (Fsp3) is 0.176. The molecule has 0 saturated carbocycles. The summed E-state index contributed by atoms with van der Waals surface area (Å²) in [5.74, 6) is -0.742. The van der Waals surface area contributed by atoms with Crippen LogP contribution in [0.1, 0.15) is 16.7 Å². The second-order valence-corrected chi connectivity index (χ2v) is 5.20. The number of alkyl halides is 6. The molecule has 1 nitrogen and oxygen atoms in total. The van der Waals surface area contributed by atoms with E-state index in [1.807, 2.05) is 0 Å². The number of halogens is 7. The third kappa shape index (κ3) is 4.01. The van der Waals surface area contributed by atoms with Gasteiger partial charge < -0.3 is 5.11 Å². The molecule has 0 bridgehead atoms. The number of aliphatic hydroxyl groups is 1. The number of benzene rings is 2. The number of hydrogen-bond donors (Lipinski definition) is 1. The van der Waals surface area contributed by atoms with Gasteiger partial charge in [-0.1, -0.05) is 36.4 Å². The summed E-state index contributed by atoms with van der Waals surface area (Å²) in [5.41, 5.74) is -6.92. The Morgan fingerprint density at radius 3 is 1.92 bits per heavy atom. The Morgan fingerprint density at radius 1 is 0.800 bits per heavy atom. The van der Waals surface area contributed by atoms with Crippen LogP contribution in [0, 0.1) is 5.82 Å². The van der Waals surface area contributed by atoms with Crippen LogP contribution in [0.3, 0.4) is 0 Å². The number of hydrogen-bond acceptors (Lipinski definition) is 1. The minimum atomic E-state index is -5.43. The summed E-state index contributed by atoms with van der Waals surface area (Å²) in [6, 6.07) is 7.25. The van der Waals surface area contributed by atoms with E-state index in [0.29, 0.717) is 18.2 Å². The van der Waals surface area contributed by atoms with Crippen molar-refractivity contribution in [3.05, 3.63) is 77.1 Å². The summed E-state index contributed by atoms with van der Waals surface area (Å²) >= 11 is 0. The highest BCUT2D eigenvalue weighted by atomic mass is 19.4. The molecule has 0 fully saturated rings. The molecule has 1 unspecified atom stereocenters. The van der Waals surface area contributed by atoms with Crippen LogP contribution in [0.15, 0.2) is 54.6 Å². The molecular weight excluding hydrogens is 353 g/mol. The van der Waals surface area contributed by atoms with Crippen LogP contribution in [0.4, 0.5) is 30.7 Å². The van der Waals surface area contributed by atoms with E-state index in [-0.39, 0.29) is 11.6 Å². The van der Waals surface area contributed by atoms with Gasteiger partial charge in [-0.15, -0.1) is 0 Å². The smallest absolute Gasteiger partial charge is 0.373 e. The van der Waals surface area contributed by atoms with Crippen LogP contribution in [0.25, 0.3) is 6.08 Å². The number of rotatable bonds is 3. The average Bonchev–Trinajstić information content (AvgIpc) is 2.51. The van der Waals surface area contributed by atoms with Crippen molar-refractivity contribution in [1.82, 2.24) is 0 Å². The van der Waals surface area contributed by atoms with Gasteiger partial charge in [0.1, 0.15) is 5.82 Å². The molecular formula is C17H11F7O. The van der Waals surface area contributed by atoms with Gasteiger partial charge >= 0.3 is 12.4 Å². The van der Waals surface area contributed by atoms with Crippen LogP contribution in [0.2, 0.25) is 0 Å². The summed E-state index contributed by atoms with van der Waals surface area (Å²) in [6.45, 7) is 0. The monoisotopic (exact) mass is 364 g/mol. The van der Waals surface area contributed by atoms with E-state index in [2.05, 4.69) is 0 Å². The highest BCUT2D eigenvalue weighted by molar-refractivity contribution is 5.53. The zero-order valence-corrected chi connectivity index (χ0v) is 12.4. The molecule has 2 rings (SSSR count). The van der Waals surface area contributed by atoms with Gasteiger partial charge in [0.05, 0.1) is 5.56 Å². The minimum absolute atomic E-state index is 0.0489. The van der Waals surface area contributed by atoms with Crippen molar-refractivity contribution in [1.29, 1.82) is 0 Å². The first-order valence-electron chi connectivity index (χ1n) is 6.86. The predicted octanol–water partition coefficient (Wildman–Crippen LogP) is 5.31. The molecule has 0 aliphatic heterocycles. The third-order valence-electron chi connectivity index (χ3n) is 3.44. The van der Waals surface area contributed by atoms with Crippen molar-refractivity contribution in [2.75, 3.05) is 0 Å². The fourth-order valence-electron chi connectivity index (χ4n) is 2.23. The molecule has 1 atom stereocenters. The molecule has 0 aliphatic rings. The Labute approximate surface area is 138 Å². The van der Waals surface area contributed by atoms with Gasteiger partial charge in [-0.05, 0) is 29.8 Å². The van der Waals surface area contributed by atoms with Gasteiger partial charge in [0.2, 0.25) is 5.60 Å². The molecule has 0 aromatic heterocycles. The van der Waals surface area contributed by atoms with E-state index in [1.165, 1.54) is 12.1 Å². The normalized spacial score (nSPS) is 15.4. The molecule has 0 aliphatic carbocycles. The van der Waals surface area contributed by atoms with Crippen LogP contribution >= 0.6 is 0 Å². The first kappa shape index (κ1) is 19.0. The van der Waals surface area contributed by atoms with E-state index in [4.69, 9.17) is 0 Å². The maximum Gasteiger partial charge on any atom is 0.425 e. The molecule has 0 heterocycles. The molecule has 134 valence electrons. The molecule has 2 aromatic rings. The van der Waals surface area contributed by atoms with Crippen molar-refractivity contribution in [3.8, 4) is 0 Å². The summed E-state index contributed by atoms with van der Waals surface area (Å²) in [4.78, 5) is 0. The Kier molecular flexibility index (Phi) is 4.94. The zero-order valence-electron chi connectivity index (χ0n) is 12.4. The first-order valence-corrected chi connectivity index (χ1v) is 6.86. The lowest BCUT2D eigenvalue weighted by Crippen LogP contribution is -2.42. The largest absolute Gasteiger partial charge is 0.425 e. The van der Waals surface area contributed by atoms with E-state index in [1.54, 1.807) is 0 Å². The van der Waals surface area contributed by atoms with E-state index < -0.39 is 34.9 Å². The van der Waals surface area contributed by atoms with Crippen LogP contribution in [-0.4, -0.2) is 11.3 Å². The van der Waals surface area contributed by atoms with Gasteiger partial charge in [-0.3, -0.25) is 0 Å². The molecule has 1 N–H and O–H groups in total. The second kappa shape index (κ2) is 6.51. The second-order valence-electron chi connectivity index (χ2n) is 5.20. The maximum absolute atomic E-state index is 13.4. The van der Waals surface area contributed by atoms with Crippen molar-refractivity contribution >= 4 is 6.08 Å². The minimum Gasteiger partial charge on any atom is -0.373 e. The van der Waals surface area contributed by atoms with Crippen LogP contribution < -0.4 is 0 Å². The predicted molar refractivity (Wildman–Crippen MR) is 76.8 cm³/mol. The topological polar surface area (TPSA) is 20.2 Å². The standard InChI is InChI=1S/C17H11F7O/c18-12-5-3-4-11(10-12)8-9-15(25,17(22,23)24)13-6-1-2-7-14(13)16(19,20)21/h1-10,25H. The third-order valence-corrected chi connectivity index (χ3v) is 3.44. The summed E-state index contributed by atoms with van der Waals surface area (Å²) in [5, 5.41) is 10.1. The molecule has 25 heavy (non-hydrogen) atoms. The lowest BCUT2D eigenvalue weighted by atomic mass is 9.88. The SMILES string of the molecule is OC(C=Cc1cccc(F)c1)(c1ccccc1C(F)(F)F)C(F)(F)F. The van der Waals surface area contributed by atoms with Crippen molar-refractivity contribution < 1.29 is 35.8 Å². The van der Waals surface area contributed by atoms with Crippen LogP contribution in [0.5, 0.6) is 0 Å². The highest BCUT2D eigenvalue weighted by Crippen LogP contribution is 2.45. The van der Waals surface area contributed by atoms with Gasteiger partial charge in [-0.25, -0.2) is 4.39 Å². The van der Waals surface area contributed by atoms with Crippen LogP contribution in [-0.2, 0) is 11.8 Å². The molecule has 0 radical (unpaired) electrons. The Balaban J connectivity index is 2.61. The van der Waals surface area contributed by atoms with Crippen molar-refractivity contribution in [2.24, 2.45) is 0 Å². The molecule has 2 aromatic carbocycles. The van der Waals surface area contributed by atoms with E-state index >= 15 is 0 Å². The lowest BCUT2D eigenvalue weighted by Gasteiger charge is -2.30. The Bertz CT molecular complexity index is 777. The Morgan fingerprint density at radius 2 is 1.40 bits per heavy atom. The summed E-state index contributed by atoms with van der Waals surface area (Å²) in [6.07, 6.45) is -9.64. The molecule has 8 heteroatoms. The molecule has 0 saturated heterocycles. The van der Waals surface area contributed by atoms with Gasteiger partial charge in [0.25, 0.3) is 0 Å². The average molecular weight is 364 g/mol. The quantitative estimate of drug-likeness (QED) is 0.732. The van der Waals surface area contributed by atoms with Crippen molar-refractivity contribution in [2.45, 2.75) is 18.0 Å². The highest BCUT2D eigenvalue weighted by Gasteiger charge is 2.56. The van der Waals surface area contributed by atoms with E-state index in [0.717, 1.165) is 24.3 Å². The van der Waals surface area contributed by atoms with Gasteiger partial charge in [-0.2, -0.15) is 26.3 Å². The first-order chi connectivity index (χ1) is 11.4. The summed E-state index contributed by atoms with van der Waals surface area (Å²) in [7, 11) is 0. The summed E-state index contributed by atoms with van der Waals surface area (Å²) < 4.78 is 92.4. The Hall–Kier alpha value is -2.35. The lowest BCUT2D eigenvalue weighted by molar-refractivity contribution is -0.246. The van der Waals surface area contributed by atoms with E-state index in [9.17, 15) is 35.8 Å². The zero-order chi connectivity index (χ0) is 18.9. The van der Waals surface area contributed by atoms with Gasteiger partial charge in [0, 0.05) is 5.56 Å². The van der Waals surface area contributed by atoms with Crippen molar-refractivity contribution in [3.63, 3.8) is 0 Å². The maximum atomic E-state index is 13.4.